The van der Waals surface area contributed by atoms with Crippen LogP contribution in [0.15, 0.2) is 0 Å². The molecule has 1 saturated heterocycles. The third kappa shape index (κ3) is 3.11. The Bertz CT molecular complexity index is 310. The Labute approximate surface area is 95.8 Å². The molecule has 9 nitrogen and oxygen atoms in total. The van der Waals surface area contributed by atoms with Gasteiger partial charge in [0.25, 0.3) is 5.91 Å². The van der Waals surface area contributed by atoms with E-state index in [0.717, 1.165) is 0 Å². The quantitative estimate of drug-likeness (QED) is 0.295. The van der Waals surface area contributed by atoms with Crippen LogP contribution >= 0.6 is 0 Å². The number of aliphatic hydroxyl groups excluding tert-OH is 3. The number of carbonyl (C=O) groups is 2. The molecule has 1 aliphatic rings. The van der Waals surface area contributed by atoms with Gasteiger partial charge in [0.1, 0.15) is 18.8 Å². The summed E-state index contributed by atoms with van der Waals surface area (Å²) in [5.41, 5.74) is 5.36. The lowest BCUT2D eigenvalue weighted by atomic mass is 9.96. The fourth-order valence-electron chi connectivity index (χ4n) is 1.39. The van der Waals surface area contributed by atoms with E-state index in [9.17, 15) is 24.9 Å². The summed E-state index contributed by atoms with van der Waals surface area (Å²) in [5.74, 6) is -2.20. The maximum Gasteiger partial charge on any atom is 0.322 e. The summed E-state index contributed by atoms with van der Waals surface area (Å²) in [6, 6.07) is -1.26. The Morgan fingerprint density at radius 3 is 2.35 bits per heavy atom. The maximum absolute atomic E-state index is 11.4. The maximum atomic E-state index is 11.4. The molecule has 0 aliphatic carbocycles. The first-order valence-electron chi connectivity index (χ1n) is 4.79. The fourth-order valence-corrected chi connectivity index (χ4v) is 1.39. The van der Waals surface area contributed by atoms with Gasteiger partial charge in [0.2, 0.25) is 0 Å². The Morgan fingerprint density at radius 1 is 1.24 bits per heavy atom. The highest BCUT2D eigenvalue weighted by Crippen LogP contribution is 2.18. The van der Waals surface area contributed by atoms with E-state index in [-0.39, 0.29) is 0 Å². The molecule has 1 heterocycles. The van der Waals surface area contributed by atoms with Crippen molar-refractivity contribution in [1.82, 2.24) is 5.32 Å². The van der Waals surface area contributed by atoms with Gasteiger partial charge < -0.3 is 36.2 Å². The number of aliphatic hydroxyl groups is 3. The van der Waals surface area contributed by atoms with Gasteiger partial charge in [0, 0.05) is 0 Å². The molecule has 0 bridgehead atoms. The van der Waals surface area contributed by atoms with Gasteiger partial charge in [-0.15, -0.1) is 0 Å². The molecule has 1 rings (SSSR count). The van der Waals surface area contributed by atoms with Gasteiger partial charge in [-0.2, -0.15) is 0 Å². The largest absolute Gasteiger partial charge is 0.480 e. The van der Waals surface area contributed by atoms with Crippen molar-refractivity contribution in [3.63, 3.8) is 0 Å². The zero-order valence-corrected chi connectivity index (χ0v) is 8.68. The summed E-state index contributed by atoms with van der Waals surface area (Å²) in [7, 11) is 0. The highest BCUT2D eigenvalue weighted by Gasteiger charge is 2.45. The number of hydrogen-bond donors (Lipinski definition) is 6. The second-order valence-corrected chi connectivity index (χ2v) is 3.62. The second kappa shape index (κ2) is 5.38. The minimum atomic E-state index is -1.71. The molecule has 17 heavy (non-hydrogen) atoms. The third-order valence-corrected chi connectivity index (χ3v) is 2.35. The van der Waals surface area contributed by atoms with Gasteiger partial charge in [-0.3, -0.25) is 9.59 Å². The minimum Gasteiger partial charge on any atom is -0.480 e. The Morgan fingerprint density at radius 2 is 1.82 bits per heavy atom. The van der Waals surface area contributed by atoms with Crippen LogP contribution in [0.25, 0.3) is 0 Å². The Balaban J connectivity index is 2.63. The Hall–Kier alpha value is -1.26. The monoisotopic (exact) mass is 250 g/mol. The summed E-state index contributed by atoms with van der Waals surface area (Å²) in [6.07, 6.45) is -6.30. The predicted octanol–water partition coefficient (Wildman–Crippen LogP) is -4.05. The van der Waals surface area contributed by atoms with E-state index in [1.54, 1.807) is 0 Å². The van der Waals surface area contributed by atoms with Gasteiger partial charge in [-0.1, -0.05) is 0 Å². The van der Waals surface area contributed by atoms with Crippen LogP contribution in [0, 0.1) is 0 Å². The second-order valence-electron chi connectivity index (χ2n) is 3.62. The van der Waals surface area contributed by atoms with E-state index in [2.05, 4.69) is 4.74 Å². The van der Waals surface area contributed by atoms with E-state index in [1.807, 2.05) is 5.32 Å². The lowest BCUT2D eigenvalue weighted by Gasteiger charge is -2.38. The van der Waals surface area contributed by atoms with Crippen molar-refractivity contribution in [3.05, 3.63) is 0 Å². The molecule has 0 saturated carbocycles. The number of nitrogens with two attached hydrogens (primary N) is 1. The predicted molar refractivity (Wildman–Crippen MR) is 51.5 cm³/mol. The molecule has 1 amide bonds. The lowest BCUT2D eigenvalue weighted by Crippen LogP contribution is -2.64. The average Bonchev–Trinajstić information content (AvgIpc) is 2.28. The molecule has 0 spiro atoms. The number of aliphatic carboxylic acids is 1. The first-order valence-corrected chi connectivity index (χ1v) is 4.79. The highest BCUT2D eigenvalue weighted by molar-refractivity contribution is 5.85. The number of amides is 1. The summed E-state index contributed by atoms with van der Waals surface area (Å²) in [5, 5.41) is 38.3. The van der Waals surface area contributed by atoms with Crippen molar-refractivity contribution in [2.24, 2.45) is 5.73 Å². The molecular formula is C8H14N2O7. The molecule has 0 aromatic carbocycles. The summed E-state index contributed by atoms with van der Waals surface area (Å²) in [4.78, 5) is 21.6. The van der Waals surface area contributed by atoms with E-state index >= 15 is 0 Å². The van der Waals surface area contributed by atoms with Crippen molar-refractivity contribution in [2.75, 3.05) is 6.54 Å². The molecule has 1 aliphatic heterocycles. The van der Waals surface area contributed by atoms with Gasteiger partial charge in [-0.25, -0.2) is 0 Å². The van der Waals surface area contributed by atoms with Gasteiger partial charge in [0.15, 0.2) is 12.4 Å². The standard InChI is InChI=1S/C8H14N2O7/c9-3-4(13)6(17-8(16)5(3)14)7(15)10-1-2(11)12/h3-6,8,13-14,16H,1,9H2,(H,10,15)(H,11,12)/t3?,4-,5?,6?,8+/m0/s1. The van der Waals surface area contributed by atoms with E-state index < -0.39 is 49.1 Å². The molecule has 0 aromatic rings. The molecule has 7 N–H and O–H groups in total. The molecule has 1 fully saturated rings. The number of carboxylic acids is 1. The van der Waals surface area contributed by atoms with E-state index in [4.69, 9.17) is 10.8 Å². The van der Waals surface area contributed by atoms with Crippen LogP contribution in [0.1, 0.15) is 0 Å². The lowest BCUT2D eigenvalue weighted by molar-refractivity contribution is -0.247. The molecule has 98 valence electrons. The molecule has 0 aromatic heterocycles. The molecule has 0 radical (unpaired) electrons. The smallest absolute Gasteiger partial charge is 0.322 e. The van der Waals surface area contributed by atoms with Crippen molar-refractivity contribution in [3.8, 4) is 0 Å². The highest BCUT2D eigenvalue weighted by atomic mass is 16.6. The SMILES string of the molecule is NC1C(O)[C@H](O)OC(C(=O)NCC(=O)O)[C@H]1O. The van der Waals surface area contributed by atoms with Crippen molar-refractivity contribution in [2.45, 2.75) is 30.6 Å². The van der Waals surface area contributed by atoms with Crippen LogP contribution in [0.3, 0.4) is 0 Å². The zero-order chi connectivity index (χ0) is 13.2. The van der Waals surface area contributed by atoms with Crippen LogP contribution in [-0.4, -0.2) is 69.5 Å². The first kappa shape index (κ1) is 13.8. The van der Waals surface area contributed by atoms with Crippen LogP contribution in [0.4, 0.5) is 0 Å². The number of rotatable bonds is 3. The average molecular weight is 250 g/mol. The number of hydrogen-bond acceptors (Lipinski definition) is 7. The Kier molecular flexibility index (Phi) is 4.37. The van der Waals surface area contributed by atoms with Crippen LogP contribution < -0.4 is 11.1 Å². The van der Waals surface area contributed by atoms with Crippen molar-refractivity contribution >= 4 is 11.9 Å². The molecule has 3 unspecified atom stereocenters. The number of ether oxygens (including phenoxy) is 1. The minimum absolute atomic E-state index is 0.653. The van der Waals surface area contributed by atoms with Gasteiger partial charge in [-0.05, 0) is 0 Å². The van der Waals surface area contributed by atoms with Crippen LogP contribution in [0.5, 0.6) is 0 Å². The van der Waals surface area contributed by atoms with Crippen LogP contribution in [0.2, 0.25) is 0 Å². The molecule has 9 heteroatoms. The summed E-state index contributed by atoms with van der Waals surface area (Å²) >= 11 is 0. The third-order valence-electron chi connectivity index (χ3n) is 2.35. The zero-order valence-electron chi connectivity index (χ0n) is 8.68. The molecular weight excluding hydrogens is 236 g/mol. The first-order chi connectivity index (χ1) is 7.84. The summed E-state index contributed by atoms with van der Waals surface area (Å²) < 4.78 is 4.65. The topological polar surface area (TPSA) is 162 Å². The van der Waals surface area contributed by atoms with E-state index in [1.165, 1.54) is 0 Å². The fraction of sp³-hybridized carbons (Fsp3) is 0.750. The van der Waals surface area contributed by atoms with Crippen molar-refractivity contribution < 1.29 is 34.8 Å². The van der Waals surface area contributed by atoms with Crippen molar-refractivity contribution in [1.29, 1.82) is 0 Å². The number of carboxylic acid groups (broad SMARTS) is 1. The molecule has 5 atom stereocenters. The van der Waals surface area contributed by atoms with Gasteiger partial charge in [0.05, 0.1) is 6.04 Å². The van der Waals surface area contributed by atoms with E-state index in [0.29, 0.717) is 0 Å². The van der Waals surface area contributed by atoms with Crippen LogP contribution in [-0.2, 0) is 14.3 Å². The number of carbonyl (C=O) groups excluding carboxylic acids is 1. The summed E-state index contributed by atoms with van der Waals surface area (Å²) in [6.45, 7) is -0.653. The normalized spacial score (nSPS) is 37.5. The van der Waals surface area contributed by atoms with Gasteiger partial charge >= 0.3 is 5.97 Å². The number of nitrogens with one attached hydrogen (secondary N) is 1.